The first-order chi connectivity index (χ1) is 23.7. The normalized spacial score (nSPS) is 12.7. The molecule has 0 aliphatic carbocycles. The highest BCUT2D eigenvalue weighted by Gasteiger charge is 2.50. The van der Waals surface area contributed by atoms with Crippen molar-refractivity contribution in [1.29, 1.82) is 0 Å². The summed E-state index contributed by atoms with van der Waals surface area (Å²) in [6.07, 6.45) is -19.3. The maximum atomic E-state index is 15.0. The highest BCUT2D eigenvalue weighted by Crippen LogP contribution is 2.43. The van der Waals surface area contributed by atoms with E-state index in [4.69, 9.17) is 0 Å². The Labute approximate surface area is 279 Å². The standard InChI is InChI=1S/C35H21F13O3/c1-2-3-18-4-5-22-13-21(7-6-20(22)12-18)19-8-10-23(11-9-19)32(40,41)49-24-14-26(36)30(27(37)15-24)33(42,43)50-25-16-28(38)31(29(39)17-25)34(44,45)51-35(46,47)48/h4-17H,2-3H2,1H3. The summed E-state index contributed by atoms with van der Waals surface area (Å²) >= 11 is 0. The van der Waals surface area contributed by atoms with Crippen LogP contribution in [0.3, 0.4) is 0 Å². The van der Waals surface area contributed by atoms with E-state index in [1.807, 2.05) is 30.3 Å². The molecule has 0 amide bonds. The van der Waals surface area contributed by atoms with E-state index in [9.17, 15) is 48.3 Å². The van der Waals surface area contributed by atoms with Gasteiger partial charge in [0, 0.05) is 24.3 Å². The number of rotatable bonds is 11. The SMILES string of the molecule is CCCc1ccc2cc(-c3ccc(C(F)(F)Oc4cc(F)c(C(F)(F)Oc5cc(F)c(C(F)(F)OC(F)(F)F)c(F)c5)c(F)c4)cc3)ccc2c1. The van der Waals surface area contributed by atoms with Crippen LogP contribution < -0.4 is 9.47 Å². The van der Waals surface area contributed by atoms with Gasteiger partial charge in [0.15, 0.2) is 0 Å². The van der Waals surface area contributed by atoms with Gasteiger partial charge in [-0.3, -0.25) is 0 Å². The third-order valence-corrected chi connectivity index (χ3v) is 7.35. The highest BCUT2D eigenvalue weighted by atomic mass is 19.4. The molecule has 16 heteroatoms. The Bertz CT molecular complexity index is 2010. The van der Waals surface area contributed by atoms with Gasteiger partial charge in [-0.05, 0) is 52.1 Å². The van der Waals surface area contributed by atoms with Crippen LogP contribution in [0, 0.1) is 23.3 Å². The minimum absolute atomic E-state index is 0.0712. The molecule has 0 N–H and O–H groups in total. The van der Waals surface area contributed by atoms with Gasteiger partial charge in [0.25, 0.3) is 0 Å². The second-order valence-corrected chi connectivity index (χ2v) is 11.0. The van der Waals surface area contributed by atoms with Crippen molar-refractivity contribution in [2.75, 3.05) is 0 Å². The summed E-state index contributed by atoms with van der Waals surface area (Å²) in [6.45, 7) is 2.06. The fraction of sp³-hybridized carbons (Fsp3) is 0.200. The molecule has 0 unspecified atom stereocenters. The van der Waals surface area contributed by atoms with Crippen molar-refractivity contribution in [3.05, 3.63) is 130 Å². The number of fused-ring (bicyclic) bond motifs is 1. The van der Waals surface area contributed by atoms with E-state index in [2.05, 4.69) is 21.1 Å². The molecule has 5 aromatic rings. The molecule has 0 radical (unpaired) electrons. The zero-order valence-corrected chi connectivity index (χ0v) is 25.6. The zero-order valence-electron chi connectivity index (χ0n) is 25.6. The summed E-state index contributed by atoms with van der Waals surface area (Å²) in [6, 6.07) is 15.1. The molecule has 5 aromatic carbocycles. The van der Waals surface area contributed by atoms with E-state index >= 15 is 8.78 Å². The number of hydrogen-bond donors (Lipinski definition) is 0. The predicted molar refractivity (Wildman–Crippen MR) is 156 cm³/mol. The molecule has 0 aromatic heterocycles. The first kappa shape index (κ1) is 37.3. The van der Waals surface area contributed by atoms with Crippen molar-refractivity contribution in [3.8, 4) is 22.6 Å². The van der Waals surface area contributed by atoms with Gasteiger partial charge in [-0.2, -0.15) is 26.3 Å². The lowest BCUT2D eigenvalue weighted by atomic mass is 9.98. The van der Waals surface area contributed by atoms with Crippen LogP contribution in [0.15, 0.2) is 84.9 Å². The lowest BCUT2D eigenvalue weighted by Crippen LogP contribution is -2.30. The molecule has 0 aliphatic rings. The van der Waals surface area contributed by atoms with Gasteiger partial charge >= 0.3 is 24.7 Å². The van der Waals surface area contributed by atoms with E-state index in [-0.39, 0.29) is 12.1 Å². The van der Waals surface area contributed by atoms with Crippen molar-refractivity contribution in [1.82, 2.24) is 0 Å². The fourth-order valence-electron chi connectivity index (χ4n) is 5.15. The molecular formula is C35H21F13O3. The molecule has 0 heterocycles. The van der Waals surface area contributed by atoms with E-state index in [1.54, 1.807) is 6.07 Å². The molecule has 270 valence electrons. The van der Waals surface area contributed by atoms with Crippen LogP contribution in [0.5, 0.6) is 11.5 Å². The Balaban J connectivity index is 1.33. The minimum atomic E-state index is -6.08. The van der Waals surface area contributed by atoms with Crippen molar-refractivity contribution in [3.63, 3.8) is 0 Å². The summed E-state index contributed by atoms with van der Waals surface area (Å²) in [5, 5.41) is 1.89. The van der Waals surface area contributed by atoms with Crippen molar-refractivity contribution in [2.24, 2.45) is 0 Å². The Morgan fingerprint density at radius 1 is 0.490 bits per heavy atom. The van der Waals surface area contributed by atoms with Crippen LogP contribution in [0.4, 0.5) is 57.1 Å². The molecule has 0 atom stereocenters. The maximum Gasteiger partial charge on any atom is 0.527 e. The summed E-state index contributed by atoms with van der Waals surface area (Å²) in [4.78, 5) is 0. The number of halogens is 13. The lowest BCUT2D eigenvalue weighted by molar-refractivity contribution is -0.432. The molecule has 0 aliphatic heterocycles. The predicted octanol–water partition coefficient (Wildman–Crippen LogP) is 11.9. The Morgan fingerprint density at radius 3 is 1.45 bits per heavy atom. The van der Waals surface area contributed by atoms with E-state index in [1.165, 1.54) is 12.1 Å². The topological polar surface area (TPSA) is 27.7 Å². The number of hydrogen-bond acceptors (Lipinski definition) is 3. The van der Waals surface area contributed by atoms with Crippen LogP contribution >= 0.6 is 0 Å². The van der Waals surface area contributed by atoms with Crippen LogP contribution in [-0.4, -0.2) is 6.36 Å². The first-order valence-electron chi connectivity index (χ1n) is 14.6. The van der Waals surface area contributed by atoms with Gasteiger partial charge in [0.1, 0.15) is 45.9 Å². The highest BCUT2D eigenvalue weighted by molar-refractivity contribution is 5.88. The molecule has 5 rings (SSSR count). The third kappa shape index (κ3) is 8.32. The van der Waals surface area contributed by atoms with Crippen molar-refractivity contribution >= 4 is 10.8 Å². The molecule has 0 saturated carbocycles. The molecule has 3 nitrogen and oxygen atoms in total. The molecule has 0 bridgehead atoms. The van der Waals surface area contributed by atoms with Gasteiger partial charge in [0.2, 0.25) is 0 Å². The van der Waals surface area contributed by atoms with Crippen LogP contribution in [0.1, 0.15) is 35.6 Å². The summed E-state index contributed by atoms with van der Waals surface area (Å²) < 4.78 is 192. The molecule has 0 spiro atoms. The van der Waals surface area contributed by atoms with Gasteiger partial charge in [0.05, 0.1) is 5.56 Å². The summed E-state index contributed by atoms with van der Waals surface area (Å²) in [5.74, 6) is -12.6. The molecular weight excluding hydrogens is 715 g/mol. The van der Waals surface area contributed by atoms with Gasteiger partial charge in [-0.25, -0.2) is 22.3 Å². The quantitative estimate of drug-likeness (QED) is 0.126. The smallest absolute Gasteiger partial charge is 0.429 e. The van der Waals surface area contributed by atoms with Gasteiger partial charge < -0.3 is 9.47 Å². The summed E-state index contributed by atoms with van der Waals surface area (Å²) in [7, 11) is 0. The second kappa shape index (κ2) is 13.6. The van der Waals surface area contributed by atoms with Crippen molar-refractivity contribution < 1.29 is 71.3 Å². The monoisotopic (exact) mass is 736 g/mol. The van der Waals surface area contributed by atoms with Crippen LogP contribution in [0.25, 0.3) is 21.9 Å². The summed E-state index contributed by atoms with van der Waals surface area (Å²) in [5.41, 5.74) is -3.31. The average Bonchev–Trinajstić information content (AvgIpc) is 2.98. The number of ether oxygens (including phenoxy) is 3. The van der Waals surface area contributed by atoms with Gasteiger partial charge in [-0.15, -0.1) is 13.2 Å². The average molecular weight is 737 g/mol. The third-order valence-electron chi connectivity index (χ3n) is 7.35. The maximum absolute atomic E-state index is 15.0. The minimum Gasteiger partial charge on any atom is -0.429 e. The fourth-order valence-corrected chi connectivity index (χ4v) is 5.15. The largest absolute Gasteiger partial charge is 0.527 e. The first-order valence-corrected chi connectivity index (χ1v) is 14.6. The second-order valence-electron chi connectivity index (χ2n) is 11.0. The lowest BCUT2D eigenvalue weighted by Gasteiger charge is -2.23. The molecule has 51 heavy (non-hydrogen) atoms. The molecule has 0 fully saturated rings. The Morgan fingerprint density at radius 2 is 0.941 bits per heavy atom. The number of alkyl halides is 9. The number of benzene rings is 5. The van der Waals surface area contributed by atoms with Crippen LogP contribution in [0.2, 0.25) is 0 Å². The van der Waals surface area contributed by atoms with Gasteiger partial charge in [-0.1, -0.05) is 55.8 Å². The molecule has 0 saturated heterocycles. The number of aryl methyl sites for hydroxylation is 1. The zero-order chi connectivity index (χ0) is 37.5. The van der Waals surface area contributed by atoms with E-state index < -0.39 is 88.3 Å². The Hall–Kier alpha value is -4.99. The van der Waals surface area contributed by atoms with Crippen molar-refractivity contribution in [2.45, 2.75) is 44.5 Å². The van der Waals surface area contributed by atoms with E-state index in [0.29, 0.717) is 11.1 Å². The van der Waals surface area contributed by atoms with Crippen LogP contribution in [-0.2, 0) is 29.5 Å². The van der Waals surface area contributed by atoms with E-state index in [0.717, 1.165) is 41.3 Å². The Kier molecular flexibility index (Phi) is 9.95.